The van der Waals surface area contributed by atoms with Gasteiger partial charge in [0.1, 0.15) is 5.82 Å². The Bertz CT molecular complexity index is 434. The molecule has 0 spiro atoms. The number of nitrogens with two attached hydrogens (primary N) is 1. The van der Waals surface area contributed by atoms with Gasteiger partial charge in [-0.25, -0.2) is 4.39 Å². The van der Waals surface area contributed by atoms with Crippen LogP contribution < -0.4 is 5.73 Å². The maximum Gasteiger partial charge on any atom is 0.236 e. The molecule has 0 aromatic heterocycles. The van der Waals surface area contributed by atoms with Crippen LogP contribution in [0.1, 0.15) is 18.5 Å². The zero-order chi connectivity index (χ0) is 14.6. The minimum absolute atomic E-state index is 0.00967. The lowest BCUT2D eigenvalue weighted by Crippen LogP contribution is -2.42. The van der Waals surface area contributed by atoms with E-state index in [-0.39, 0.29) is 30.4 Å². The molecular weight excluding hydrogens is 245 g/mol. The van der Waals surface area contributed by atoms with E-state index in [1.54, 1.807) is 20.2 Å². The second-order valence-electron chi connectivity index (χ2n) is 5.06. The van der Waals surface area contributed by atoms with Gasteiger partial charge in [-0.15, -0.1) is 0 Å². The molecule has 2 N–H and O–H groups in total. The van der Waals surface area contributed by atoms with Crippen LogP contribution in [0.5, 0.6) is 0 Å². The quantitative estimate of drug-likeness (QED) is 0.873. The van der Waals surface area contributed by atoms with Gasteiger partial charge in [0.2, 0.25) is 5.91 Å². The lowest BCUT2D eigenvalue weighted by Gasteiger charge is -2.31. The third kappa shape index (κ3) is 4.29. The van der Waals surface area contributed by atoms with Crippen LogP contribution in [-0.4, -0.2) is 49.4 Å². The van der Waals surface area contributed by atoms with Crippen molar-refractivity contribution in [1.82, 2.24) is 9.80 Å². The van der Waals surface area contributed by atoms with Gasteiger partial charge in [0, 0.05) is 26.2 Å². The van der Waals surface area contributed by atoms with Gasteiger partial charge >= 0.3 is 0 Å². The van der Waals surface area contributed by atoms with Crippen molar-refractivity contribution >= 4 is 5.91 Å². The molecule has 0 fully saturated rings. The lowest BCUT2D eigenvalue weighted by molar-refractivity contribution is -0.130. The van der Waals surface area contributed by atoms with Crippen LogP contribution in [0.15, 0.2) is 24.3 Å². The van der Waals surface area contributed by atoms with Gasteiger partial charge in [0.15, 0.2) is 0 Å². The molecule has 0 aliphatic rings. The fraction of sp³-hybridized carbons (Fsp3) is 0.500. The topological polar surface area (TPSA) is 49.6 Å². The molecule has 0 aliphatic heterocycles. The normalized spacial score (nSPS) is 14.3. The van der Waals surface area contributed by atoms with Crippen molar-refractivity contribution in [1.29, 1.82) is 0 Å². The highest BCUT2D eigenvalue weighted by Crippen LogP contribution is 2.22. The van der Waals surface area contributed by atoms with Crippen LogP contribution in [0.2, 0.25) is 0 Å². The third-order valence-electron chi connectivity index (χ3n) is 3.05. The van der Waals surface area contributed by atoms with Crippen molar-refractivity contribution in [3.63, 3.8) is 0 Å². The Morgan fingerprint density at radius 3 is 2.47 bits per heavy atom. The second kappa shape index (κ2) is 6.63. The van der Waals surface area contributed by atoms with Crippen molar-refractivity contribution < 1.29 is 9.18 Å². The van der Waals surface area contributed by atoms with E-state index < -0.39 is 0 Å². The Balaban J connectivity index is 2.92. The summed E-state index contributed by atoms with van der Waals surface area (Å²) in [5, 5.41) is 0. The first-order valence-electron chi connectivity index (χ1n) is 6.24. The number of likely N-dealkylation sites (N-methyl/N-ethyl adjacent to an activating group) is 2. The predicted octanol–water partition coefficient (Wildman–Crippen LogP) is 1.23. The van der Waals surface area contributed by atoms with Gasteiger partial charge in [-0.2, -0.15) is 0 Å². The Morgan fingerprint density at radius 2 is 2.00 bits per heavy atom. The Hall–Kier alpha value is -1.46. The van der Waals surface area contributed by atoms with Crippen molar-refractivity contribution in [2.75, 3.05) is 27.7 Å². The number of halogens is 1. The number of nitrogens with zero attached hydrogens (tertiary/aromatic N) is 2. The summed E-state index contributed by atoms with van der Waals surface area (Å²) >= 11 is 0. The summed E-state index contributed by atoms with van der Waals surface area (Å²) in [5.41, 5.74) is 6.76. The number of hydrogen-bond acceptors (Lipinski definition) is 3. The van der Waals surface area contributed by atoms with Crippen molar-refractivity contribution in [3.05, 3.63) is 35.6 Å². The molecule has 2 atom stereocenters. The average molecular weight is 267 g/mol. The van der Waals surface area contributed by atoms with Gasteiger partial charge in [0.05, 0.1) is 6.54 Å². The van der Waals surface area contributed by atoms with Crippen molar-refractivity contribution in [2.45, 2.75) is 19.0 Å². The van der Waals surface area contributed by atoms with E-state index in [0.29, 0.717) is 0 Å². The predicted molar refractivity (Wildman–Crippen MR) is 74.1 cm³/mol. The Labute approximate surface area is 114 Å². The molecule has 0 bridgehead atoms. The summed E-state index contributed by atoms with van der Waals surface area (Å²) in [7, 11) is 5.23. The summed E-state index contributed by atoms with van der Waals surface area (Å²) in [6, 6.07) is 5.94. The fourth-order valence-electron chi connectivity index (χ4n) is 2.10. The minimum Gasteiger partial charge on any atom is -0.348 e. The highest BCUT2D eigenvalue weighted by atomic mass is 19.1. The van der Waals surface area contributed by atoms with Gasteiger partial charge in [-0.1, -0.05) is 12.1 Å². The van der Waals surface area contributed by atoms with Gasteiger partial charge in [0.25, 0.3) is 0 Å². The SMILES string of the molecule is CC(N)C(c1cccc(F)c1)N(C)CC(=O)N(C)C. The van der Waals surface area contributed by atoms with Crippen LogP contribution in [0.4, 0.5) is 4.39 Å². The second-order valence-corrected chi connectivity index (χ2v) is 5.06. The smallest absolute Gasteiger partial charge is 0.236 e. The molecule has 4 nitrogen and oxygen atoms in total. The van der Waals surface area contributed by atoms with Gasteiger partial charge < -0.3 is 10.6 Å². The summed E-state index contributed by atoms with van der Waals surface area (Å²) in [5.74, 6) is -0.306. The number of benzene rings is 1. The molecule has 106 valence electrons. The molecule has 5 heteroatoms. The summed E-state index contributed by atoms with van der Waals surface area (Å²) < 4.78 is 13.3. The summed E-state index contributed by atoms with van der Waals surface area (Å²) in [6.07, 6.45) is 0. The van der Waals surface area contributed by atoms with E-state index in [1.165, 1.54) is 17.0 Å². The number of carbonyl (C=O) groups is 1. The first-order valence-corrected chi connectivity index (χ1v) is 6.24. The molecule has 0 radical (unpaired) electrons. The van der Waals surface area contributed by atoms with Gasteiger partial charge in [-0.05, 0) is 31.7 Å². The number of hydrogen-bond donors (Lipinski definition) is 1. The zero-order valence-electron chi connectivity index (χ0n) is 11.9. The van der Waals surface area contributed by atoms with E-state index in [9.17, 15) is 9.18 Å². The molecule has 19 heavy (non-hydrogen) atoms. The Kier molecular flexibility index (Phi) is 5.44. The maximum absolute atomic E-state index is 13.3. The molecule has 1 rings (SSSR count). The molecule has 0 saturated carbocycles. The van der Waals surface area contributed by atoms with Gasteiger partial charge in [-0.3, -0.25) is 9.69 Å². The third-order valence-corrected chi connectivity index (χ3v) is 3.05. The molecule has 0 aliphatic carbocycles. The first kappa shape index (κ1) is 15.6. The molecule has 1 aromatic rings. The standard InChI is InChI=1S/C14H22FN3O/c1-10(16)14(11-6-5-7-12(15)8-11)18(4)9-13(19)17(2)3/h5-8,10,14H,9,16H2,1-4H3. The van der Waals surface area contributed by atoms with E-state index in [1.807, 2.05) is 24.9 Å². The fourth-order valence-corrected chi connectivity index (χ4v) is 2.10. The minimum atomic E-state index is -0.296. The van der Waals surface area contributed by atoms with Crippen molar-refractivity contribution in [2.24, 2.45) is 5.73 Å². The van der Waals surface area contributed by atoms with E-state index in [2.05, 4.69) is 0 Å². The number of carbonyl (C=O) groups excluding carboxylic acids is 1. The Morgan fingerprint density at radius 1 is 1.37 bits per heavy atom. The summed E-state index contributed by atoms with van der Waals surface area (Å²) in [4.78, 5) is 15.1. The number of rotatable bonds is 5. The van der Waals surface area contributed by atoms with E-state index in [0.717, 1.165) is 5.56 Å². The van der Waals surface area contributed by atoms with Crippen LogP contribution in [-0.2, 0) is 4.79 Å². The average Bonchev–Trinajstić information content (AvgIpc) is 2.28. The largest absolute Gasteiger partial charge is 0.348 e. The molecular formula is C14H22FN3O. The molecule has 0 heterocycles. The van der Waals surface area contributed by atoms with E-state index >= 15 is 0 Å². The molecule has 2 unspecified atom stereocenters. The maximum atomic E-state index is 13.3. The molecule has 0 saturated heterocycles. The van der Waals surface area contributed by atoms with Crippen LogP contribution in [0.3, 0.4) is 0 Å². The van der Waals surface area contributed by atoms with Crippen LogP contribution in [0.25, 0.3) is 0 Å². The monoisotopic (exact) mass is 267 g/mol. The highest BCUT2D eigenvalue weighted by molar-refractivity contribution is 5.77. The summed E-state index contributed by atoms with van der Waals surface area (Å²) in [6.45, 7) is 2.10. The number of amides is 1. The molecule has 1 amide bonds. The van der Waals surface area contributed by atoms with Crippen LogP contribution >= 0.6 is 0 Å². The molecule has 1 aromatic carbocycles. The first-order chi connectivity index (χ1) is 8.82. The van der Waals surface area contributed by atoms with Crippen LogP contribution in [0, 0.1) is 5.82 Å². The van der Waals surface area contributed by atoms with E-state index in [4.69, 9.17) is 5.73 Å². The van der Waals surface area contributed by atoms with Crippen molar-refractivity contribution in [3.8, 4) is 0 Å². The zero-order valence-corrected chi connectivity index (χ0v) is 11.9. The lowest BCUT2D eigenvalue weighted by atomic mass is 9.99. The highest BCUT2D eigenvalue weighted by Gasteiger charge is 2.23.